The first-order valence-corrected chi connectivity index (χ1v) is 10.4. The van der Waals surface area contributed by atoms with E-state index in [1.165, 1.54) is 22.3 Å². The third-order valence-corrected chi connectivity index (χ3v) is 5.51. The van der Waals surface area contributed by atoms with Gasteiger partial charge in [0.05, 0.1) is 6.04 Å². The molecule has 30 heavy (non-hydrogen) atoms. The van der Waals surface area contributed by atoms with E-state index in [9.17, 15) is 9.59 Å². The maximum Gasteiger partial charge on any atom is 0.410 e. The molecule has 2 amide bonds. The van der Waals surface area contributed by atoms with Crippen LogP contribution in [0.1, 0.15) is 44.2 Å². The number of hydrogen-bond donors (Lipinski definition) is 1. The van der Waals surface area contributed by atoms with E-state index in [2.05, 4.69) is 29.6 Å². The highest BCUT2D eigenvalue weighted by molar-refractivity contribution is 5.79. The van der Waals surface area contributed by atoms with Crippen molar-refractivity contribution in [3.63, 3.8) is 0 Å². The molecule has 0 saturated carbocycles. The van der Waals surface area contributed by atoms with Crippen molar-refractivity contribution in [2.45, 2.75) is 44.8 Å². The topological polar surface area (TPSA) is 67.9 Å². The summed E-state index contributed by atoms with van der Waals surface area (Å²) in [5.41, 5.74) is 4.24. The number of likely N-dealkylation sites (tertiary alicyclic amines) is 1. The third-order valence-electron chi connectivity index (χ3n) is 5.51. The molecular weight excluding hydrogens is 380 g/mol. The lowest BCUT2D eigenvalue weighted by Crippen LogP contribution is -2.40. The number of rotatable bonds is 3. The minimum Gasteiger partial charge on any atom is -0.449 e. The number of hydrogen-bond acceptors (Lipinski definition) is 4. The molecule has 0 spiro atoms. The third kappa shape index (κ3) is 4.27. The molecule has 4 rings (SSSR count). The number of carbonyl (C=O) groups excluding carboxylic acids is 2. The first-order chi connectivity index (χ1) is 14.3. The zero-order valence-electron chi connectivity index (χ0n) is 17.7. The van der Waals surface area contributed by atoms with Crippen molar-refractivity contribution in [1.82, 2.24) is 10.2 Å². The van der Waals surface area contributed by atoms with Crippen LogP contribution in [0.25, 0.3) is 11.1 Å². The van der Waals surface area contributed by atoms with Crippen LogP contribution < -0.4 is 5.32 Å². The Balaban J connectivity index is 1.32. The molecule has 6 heteroatoms. The van der Waals surface area contributed by atoms with Gasteiger partial charge in [-0.25, -0.2) is 9.59 Å². The average molecular weight is 408 g/mol. The lowest BCUT2D eigenvalue weighted by molar-refractivity contribution is 0.0290. The maximum atomic E-state index is 12.4. The molecule has 158 valence electrons. The van der Waals surface area contributed by atoms with E-state index in [-0.39, 0.29) is 24.7 Å². The van der Waals surface area contributed by atoms with Crippen LogP contribution in [-0.2, 0) is 9.47 Å². The van der Waals surface area contributed by atoms with Crippen molar-refractivity contribution in [2.24, 2.45) is 0 Å². The zero-order valence-corrected chi connectivity index (χ0v) is 17.7. The summed E-state index contributed by atoms with van der Waals surface area (Å²) in [4.78, 5) is 26.2. The Bertz CT molecular complexity index is 905. The Morgan fingerprint density at radius 1 is 1.03 bits per heavy atom. The van der Waals surface area contributed by atoms with Gasteiger partial charge in [0.1, 0.15) is 12.2 Å². The maximum absolute atomic E-state index is 12.4. The van der Waals surface area contributed by atoms with E-state index in [4.69, 9.17) is 9.47 Å². The molecule has 2 aromatic rings. The molecule has 1 aliphatic carbocycles. The van der Waals surface area contributed by atoms with Gasteiger partial charge in [-0.1, -0.05) is 48.5 Å². The van der Waals surface area contributed by atoms with E-state index >= 15 is 0 Å². The predicted molar refractivity (Wildman–Crippen MR) is 114 cm³/mol. The molecular formula is C24H28N2O4. The Morgan fingerprint density at radius 2 is 1.63 bits per heavy atom. The van der Waals surface area contributed by atoms with Crippen LogP contribution in [0.15, 0.2) is 48.5 Å². The summed E-state index contributed by atoms with van der Waals surface area (Å²) in [5.74, 6) is 0.0324. The second-order valence-corrected chi connectivity index (χ2v) is 8.88. The van der Waals surface area contributed by atoms with Gasteiger partial charge in [0.15, 0.2) is 0 Å². The minimum atomic E-state index is -0.532. The molecule has 1 heterocycles. The number of ether oxygens (including phenoxy) is 2. The highest BCUT2D eigenvalue weighted by Gasteiger charge is 2.32. The first kappa shape index (κ1) is 20.3. The normalized spacial score (nSPS) is 18.0. The monoisotopic (exact) mass is 408 g/mol. The minimum absolute atomic E-state index is 0.0324. The second kappa shape index (κ2) is 8.01. The first-order valence-electron chi connectivity index (χ1n) is 10.4. The summed E-state index contributed by atoms with van der Waals surface area (Å²) >= 11 is 0. The van der Waals surface area contributed by atoms with Gasteiger partial charge in [-0.2, -0.15) is 0 Å². The lowest BCUT2D eigenvalue weighted by Gasteiger charge is -2.24. The zero-order chi connectivity index (χ0) is 21.3. The number of fused-ring (bicyclic) bond motifs is 3. The van der Waals surface area contributed by atoms with Gasteiger partial charge in [0.2, 0.25) is 0 Å². The van der Waals surface area contributed by atoms with Crippen molar-refractivity contribution >= 4 is 12.2 Å². The Kier molecular flexibility index (Phi) is 5.41. The van der Waals surface area contributed by atoms with Crippen LogP contribution >= 0.6 is 0 Å². The van der Waals surface area contributed by atoms with Crippen molar-refractivity contribution in [1.29, 1.82) is 0 Å². The Hall–Kier alpha value is -3.02. The molecule has 6 nitrogen and oxygen atoms in total. The fourth-order valence-corrected chi connectivity index (χ4v) is 4.18. The van der Waals surface area contributed by atoms with E-state index in [0.29, 0.717) is 19.5 Å². The fourth-order valence-electron chi connectivity index (χ4n) is 4.18. The number of nitrogens with zero attached hydrogens (tertiary/aromatic N) is 1. The quantitative estimate of drug-likeness (QED) is 0.810. The highest BCUT2D eigenvalue weighted by atomic mass is 16.6. The fraction of sp³-hybridized carbons (Fsp3) is 0.417. The number of benzene rings is 2. The summed E-state index contributed by atoms with van der Waals surface area (Å²) in [6, 6.07) is 16.4. The van der Waals surface area contributed by atoms with Crippen molar-refractivity contribution in [3.05, 3.63) is 59.7 Å². The van der Waals surface area contributed by atoms with E-state index in [1.54, 1.807) is 4.90 Å². The second-order valence-electron chi connectivity index (χ2n) is 8.88. The van der Waals surface area contributed by atoms with Crippen LogP contribution in [0.2, 0.25) is 0 Å². The SMILES string of the molecule is CC(C)(C)OC(=O)N1CCC(NC(=O)OCC2c3ccccc3-c3ccccc32)C1. The van der Waals surface area contributed by atoms with Gasteiger partial charge in [0.25, 0.3) is 0 Å². The molecule has 1 saturated heterocycles. The van der Waals surface area contributed by atoms with Crippen LogP contribution in [0, 0.1) is 0 Å². The molecule has 1 fully saturated rings. The average Bonchev–Trinajstić information content (AvgIpc) is 3.28. The van der Waals surface area contributed by atoms with Gasteiger partial charge in [-0.3, -0.25) is 0 Å². The summed E-state index contributed by atoms with van der Waals surface area (Å²) in [6.45, 7) is 6.79. The summed E-state index contributed by atoms with van der Waals surface area (Å²) in [6.07, 6.45) is -0.115. The molecule has 2 aliphatic rings. The molecule has 0 radical (unpaired) electrons. The molecule has 1 aliphatic heterocycles. The van der Waals surface area contributed by atoms with Crippen LogP contribution in [0.3, 0.4) is 0 Å². The van der Waals surface area contributed by atoms with E-state index in [1.807, 2.05) is 45.0 Å². The van der Waals surface area contributed by atoms with Gasteiger partial charge >= 0.3 is 12.2 Å². The van der Waals surface area contributed by atoms with E-state index < -0.39 is 11.7 Å². The highest BCUT2D eigenvalue weighted by Crippen LogP contribution is 2.44. The van der Waals surface area contributed by atoms with Gasteiger partial charge in [0, 0.05) is 19.0 Å². The Labute approximate surface area is 177 Å². The van der Waals surface area contributed by atoms with E-state index in [0.717, 1.165) is 0 Å². The molecule has 1 atom stereocenters. The van der Waals surface area contributed by atoms with Crippen LogP contribution in [0.4, 0.5) is 9.59 Å². The van der Waals surface area contributed by atoms with Crippen LogP contribution in [-0.4, -0.2) is 48.4 Å². The molecule has 2 aromatic carbocycles. The molecule has 0 bridgehead atoms. The largest absolute Gasteiger partial charge is 0.449 e. The van der Waals surface area contributed by atoms with Gasteiger partial charge < -0.3 is 19.7 Å². The lowest BCUT2D eigenvalue weighted by atomic mass is 9.98. The summed E-state index contributed by atoms with van der Waals surface area (Å²) in [5, 5.41) is 2.89. The summed E-state index contributed by atoms with van der Waals surface area (Å²) < 4.78 is 11.0. The molecule has 1 unspecified atom stereocenters. The number of amides is 2. The van der Waals surface area contributed by atoms with Crippen molar-refractivity contribution in [2.75, 3.05) is 19.7 Å². The number of alkyl carbamates (subject to hydrolysis) is 1. The predicted octanol–water partition coefficient (Wildman–Crippen LogP) is 4.53. The van der Waals surface area contributed by atoms with Crippen molar-refractivity contribution < 1.29 is 19.1 Å². The van der Waals surface area contributed by atoms with Crippen molar-refractivity contribution in [3.8, 4) is 11.1 Å². The smallest absolute Gasteiger partial charge is 0.410 e. The molecule has 1 N–H and O–H groups in total. The number of nitrogens with one attached hydrogen (secondary N) is 1. The van der Waals surface area contributed by atoms with Gasteiger partial charge in [-0.05, 0) is 49.4 Å². The van der Waals surface area contributed by atoms with Crippen LogP contribution in [0.5, 0.6) is 0 Å². The molecule has 0 aromatic heterocycles. The summed E-state index contributed by atoms with van der Waals surface area (Å²) in [7, 11) is 0. The standard InChI is InChI=1S/C24H28N2O4/c1-24(2,3)30-23(28)26-13-12-16(14-26)25-22(27)29-15-21-19-10-6-4-8-17(19)18-9-5-7-11-20(18)21/h4-11,16,21H,12-15H2,1-3H3,(H,25,27). The number of carbonyl (C=O) groups is 2. The Morgan fingerprint density at radius 3 is 2.23 bits per heavy atom. The van der Waals surface area contributed by atoms with Gasteiger partial charge in [-0.15, -0.1) is 0 Å².